The highest BCUT2D eigenvalue weighted by Gasteiger charge is 2.26. The van der Waals surface area contributed by atoms with Gasteiger partial charge in [0.15, 0.2) is 0 Å². The molecule has 1 aliphatic carbocycles. The Morgan fingerprint density at radius 1 is 1.45 bits per heavy atom. The van der Waals surface area contributed by atoms with Crippen LogP contribution in [0.3, 0.4) is 0 Å². The van der Waals surface area contributed by atoms with Gasteiger partial charge in [0.25, 0.3) is 0 Å². The number of halogens is 1. The van der Waals surface area contributed by atoms with Gasteiger partial charge < -0.3 is 10.6 Å². The van der Waals surface area contributed by atoms with Crippen molar-refractivity contribution in [3.8, 4) is 0 Å². The summed E-state index contributed by atoms with van der Waals surface area (Å²) in [5.41, 5.74) is 6.73. The highest BCUT2D eigenvalue weighted by Crippen LogP contribution is 2.24. The molecule has 120 valence electrons. The smallest absolute Gasteiger partial charge is 0.247 e. The Labute approximate surface area is 134 Å². The van der Waals surface area contributed by atoms with Crippen molar-refractivity contribution in [3.05, 3.63) is 22.5 Å². The van der Waals surface area contributed by atoms with E-state index >= 15 is 0 Å². The summed E-state index contributed by atoms with van der Waals surface area (Å²) in [5.74, 6) is -0.714. The van der Waals surface area contributed by atoms with Gasteiger partial charge in [-0.05, 0) is 25.8 Å². The molecular formula is C15H21ClN4O2. The number of amides is 2. The predicted molar refractivity (Wildman–Crippen MR) is 85.2 cm³/mol. The molecule has 0 aromatic carbocycles. The molecule has 0 radical (unpaired) electrons. The van der Waals surface area contributed by atoms with Crippen molar-refractivity contribution in [1.29, 1.82) is 0 Å². The molecule has 1 aromatic heterocycles. The van der Waals surface area contributed by atoms with Crippen molar-refractivity contribution in [2.45, 2.75) is 38.6 Å². The number of rotatable bonds is 5. The zero-order valence-electron chi connectivity index (χ0n) is 12.9. The topological polar surface area (TPSA) is 81.2 Å². The van der Waals surface area contributed by atoms with Crippen LogP contribution in [-0.4, -0.2) is 39.1 Å². The fraction of sp³-hybridized carbons (Fsp3) is 0.533. The largest absolute Gasteiger partial charge is 0.368 e. The summed E-state index contributed by atoms with van der Waals surface area (Å²) in [7, 11) is 1.74. The van der Waals surface area contributed by atoms with Gasteiger partial charge in [-0.3, -0.25) is 14.3 Å². The average Bonchev–Trinajstić information content (AvgIpc) is 3.04. The number of hydrogen-bond donors (Lipinski definition) is 1. The van der Waals surface area contributed by atoms with Gasteiger partial charge in [-0.25, -0.2) is 0 Å². The molecule has 0 atom stereocenters. The lowest BCUT2D eigenvalue weighted by Gasteiger charge is -2.26. The number of hydrogen-bond acceptors (Lipinski definition) is 3. The normalized spacial score (nSPS) is 15.6. The average molecular weight is 325 g/mol. The van der Waals surface area contributed by atoms with E-state index in [1.165, 1.54) is 6.08 Å². The molecule has 2 amide bonds. The molecule has 1 saturated carbocycles. The van der Waals surface area contributed by atoms with Crippen LogP contribution in [0.5, 0.6) is 0 Å². The first-order chi connectivity index (χ1) is 10.4. The fourth-order valence-electron chi connectivity index (χ4n) is 2.86. The molecule has 1 heterocycles. The van der Waals surface area contributed by atoms with Crippen LogP contribution >= 0.6 is 11.6 Å². The minimum absolute atomic E-state index is 0.0480. The molecule has 1 aliphatic rings. The zero-order chi connectivity index (χ0) is 16.3. The third-order valence-electron chi connectivity index (χ3n) is 3.96. The maximum Gasteiger partial charge on any atom is 0.247 e. The van der Waals surface area contributed by atoms with Crippen molar-refractivity contribution in [2.24, 2.45) is 12.8 Å². The first kappa shape index (κ1) is 16.5. The molecule has 6 nitrogen and oxygen atoms in total. The van der Waals surface area contributed by atoms with Crippen molar-refractivity contribution in [2.75, 3.05) is 6.54 Å². The first-order valence-electron chi connectivity index (χ1n) is 7.36. The summed E-state index contributed by atoms with van der Waals surface area (Å²) >= 11 is 6.14. The number of nitrogens with zero attached hydrogens (tertiary/aromatic N) is 3. The van der Waals surface area contributed by atoms with Crippen molar-refractivity contribution in [1.82, 2.24) is 14.7 Å². The Kier molecular flexibility index (Phi) is 5.24. The van der Waals surface area contributed by atoms with Crippen LogP contribution in [0.15, 0.2) is 6.08 Å². The van der Waals surface area contributed by atoms with Crippen LogP contribution in [0.2, 0.25) is 5.15 Å². The van der Waals surface area contributed by atoms with E-state index in [9.17, 15) is 9.59 Å². The molecule has 0 spiro atoms. The van der Waals surface area contributed by atoms with Gasteiger partial charge in [-0.1, -0.05) is 24.4 Å². The Morgan fingerprint density at radius 2 is 2.09 bits per heavy atom. The summed E-state index contributed by atoms with van der Waals surface area (Å²) in [5, 5.41) is 4.67. The van der Waals surface area contributed by atoms with E-state index < -0.39 is 5.91 Å². The van der Waals surface area contributed by atoms with Crippen molar-refractivity contribution < 1.29 is 9.59 Å². The lowest BCUT2D eigenvalue weighted by Crippen LogP contribution is -2.43. The summed E-state index contributed by atoms with van der Waals surface area (Å²) in [6, 6.07) is 0.0927. The number of aryl methyl sites for hydroxylation is 2. The Bertz CT molecular complexity index is 603. The SMILES string of the molecule is Cc1nn(C)c(Cl)c1/C=C\C(=O)N(CC(N)=O)C1CCCC1. The van der Waals surface area contributed by atoms with Gasteiger partial charge in [-0.2, -0.15) is 5.10 Å². The van der Waals surface area contributed by atoms with Crippen LogP contribution in [0.4, 0.5) is 0 Å². The molecular weight excluding hydrogens is 304 g/mol. The molecule has 0 saturated heterocycles. The van der Waals surface area contributed by atoms with Gasteiger partial charge in [0.2, 0.25) is 11.8 Å². The molecule has 22 heavy (non-hydrogen) atoms. The predicted octanol–water partition coefficient (Wildman–Crippen LogP) is 1.65. The lowest BCUT2D eigenvalue weighted by molar-refractivity contribution is -0.133. The molecule has 0 unspecified atom stereocenters. The molecule has 1 aromatic rings. The van der Waals surface area contributed by atoms with Gasteiger partial charge in [0.1, 0.15) is 5.15 Å². The van der Waals surface area contributed by atoms with Crippen molar-refractivity contribution in [3.63, 3.8) is 0 Å². The Hall–Kier alpha value is -1.82. The summed E-state index contributed by atoms with van der Waals surface area (Å²) < 4.78 is 1.55. The minimum Gasteiger partial charge on any atom is -0.368 e. The van der Waals surface area contributed by atoms with Gasteiger partial charge in [-0.15, -0.1) is 0 Å². The summed E-state index contributed by atoms with van der Waals surface area (Å²) in [4.78, 5) is 25.2. The van der Waals surface area contributed by atoms with Gasteiger partial charge in [0.05, 0.1) is 12.2 Å². The minimum atomic E-state index is -0.496. The highest BCUT2D eigenvalue weighted by molar-refractivity contribution is 6.31. The first-order valence-corrected chi connectivity index (χ1v) is 7.74. The van der Waals surface area contributed by atoms with E-state index in [1.807, 2.05) is 6.92 Å². The Morgan fingerprint density at radius 3 is 2.59 bits per heavy atom. The zero-order valence-corrected chi connectivity index (χ0v) is 13.6. The van der Waals surface area contributed by atoms with Crippen LogP contribution in [-0.2, 0) is 16.6 Å². The second-order valence-corrected chi connectivity index (χ2v) is 5.98. The maximum atomic E-state index is 12.4. The van der Waals surface area contributed by atoms with E-state index in [2.05, 4.69) is 5.10 Å². The maximum absolute atomic E-state index is 12.4. The standard InChI is InChI=1S/C15H21ClN4O2/c1-10-12(15(16)19(2)18-10)7-8-14(22)20(9-13(17)21)11-5-3-4-6-11/h7-8,11H,3-6,9H2,1-2H3,(H2,17,21)/b8-7-. The monoisotopic (exact) mass is 324 g/mol. The van der Waals surface area contributed by atoms with Crippen LogP contribution < -0.4 is 5.73 Å². The third kappa shape index (κ3) is 3.68. The second kappa shape index (κ2) is 6.96. The van der Waals surface area contributed by atoms with E-state index in [0.717, 1.165) is 31.4 Å². The molecule has 0 aliphatic heterocycles. The molecule has 2 N–H and O–H groups in total. The molecule has 0 bridgehead atoms. The third-order valence-corrected chi connectivity index (χ3v) is 4.41. The van der Waals surface area contributed by atoms with Crippen molar-refractivity contribution >= 4 is 29.5 Å². The Balaban J connectivity index is 2.16. The highest BCUT2D eigenvalue weighted by atomic mass is 35.5. The lowest BCUT2D eigenvalue weighted by atomic mass is 10.2. The van der Waals surface area contributed by atoms with Crippen LogP contribution in [0.1, 0.15) is 36.9 Å². The quantitative estimate of drug-likeness (QED) is 0.836. The van der Waals surface area contributed by atoms with E-state index in [-0.39, 0.29) is 18.5 Å². The fourth-order valence-corrected chi connectivity index (χ4v) is 3.09. The molecule has 2 rings (SSSR count). The molecule has 1 fully saturated rings. The number of nitrogens with two attached hydrogens (primary N) is 1. The van der Waals surface area contributed by atoms with Gasteiger partial charge >= 0.3 is 0 Å². The van der Waals surface area contributed by atoms with E-state index in [0.29, 0.717) is 10.7 Å². The summed E-state index contributed by atoms with van der Waals surface area (Å²) in [6.07, 6.45) is 7.07. The van der Waals surface area contributed by atoms with Gasteiger partial charge in [0, 0.05) is 24.7 Å². The number of primary amides is 1. The second-order valence-electron chi connectivity index (χ2n) is 5.62. The van der Waals surface area contributed by atoms with E-state index in [1.54, 1.807) is 22.7 Å². The van der Waals surface area contributed by atoms with E-state index in [4.69, 9.17) is 17.3 Å². The van der Waals surface area contributed by atoms with Crippen LogP contribution in [0.25, 0.3) is 6.08 Å². The summed E-state index contributed by atoms with van der Waals surface area (Å²) in [6.45, 7) is 1.78. The number of carbonyl (C=O) groups excluding carboxylic acids is 2. The number of aromatic nitrogens is 2. The number of carbonyl (C=O) groups is 2. The van der Waals surface area contributed by atoms with Crippen LogP contribution in [0, 0.1) is 6.92 Å². The molecule has 7 heteroatoms.